The third kappa shape index (κ3) is 4.05. The van der Waals surface area contributed by atoms with E-state index >= 15 is 0 Å². The van der Waals surface area contributed by atoms with Crippen LogP contribution < -0.4 is 16.4 Å². The minimum absolute atomic E-state index is 0.189. The second-order valence-corrected chi connectivity index (χ2v) is 6.44. The van der Waals surface area contributed by atoms with Crippen molar-refractivity contribution < 1.29 is 9.59 Å². The SMILES string of the molecule is CC(=O)Nc1cccc(C(=O)Nc2cc(-c3cccs3)ccc2N)c1. The first kappa shape index (κ1) is 16.7. The molecule has 4 N–H and O–H groups in total. The molecule has 0 unspecified atom stereocenters. The van der Waals surface area contributed by atoms with Crippen molar-refractivity contribution in [3.63, 3.8) is 0 Å². The summed E-state index contributed by atoms with van der Waals surface area (Å²) in [5.74, 6) is -0.479. The molecule has 0 bridgehead atoms. The van der Waals surface area contributed by atoms with Gasteiger partial charge < -0.3 is 16.4 Å². The van der Waals surface area contributed by atoms with E-state index in [2.05, 4.69) is 10.6 Å². The van der Waals surface area contributed by atoms with Gasteiger partial charge in [0.15, 0.2) is 0 Å². The Balaban J connectivity index is 1.83. The molecule has 0 fully saturated rings. The van der Waals surface area contributed by atoms with Crippen molar-refractivity contribution in [3.05, 3.63) is 65.5 Å². The quantitative estimate of drug-likeness (QED) is 0.616. The van der Waals surface area contributed by atoms with Gasteiger partial charge in [0.1, 0.15) is 0 Å². The lowest BCUT2D eigenvalue weighted by atomic mass is 10.1. The van der Waals surface area contributed by atoms with Crippen LogP contribution in [-0.2, 0) is 4.79 Å². The van der Waals surface area contributed by atoms with E-state index in [1.807, 2.05) is 29.6 Å². The van der Waals surface area contributed by atoms with E-state index in [-0.39, 0.29) is 11.8 Å². The molecule has 0 spiro atoms. The molecule has 2 amide bonds. The van der Waals surface area contributed by atoms with Gasteiger partial charge in [-0.15, -0.1) is 11.3 Å². The number of carbonyl (C=O) groups is 2. The second kappa shape index (κ2) is 7.19. The minimum atomic E-state index is -0.290. The Hall–Kier alpha value is -3.12. The molecular formula is C19H17N3O2S. The molecule has 0 aliphatic carbocycles. The number of nitrogens with two attached hydrogens (primary N) is 1. The van der Waals surface area contributed by atoms with E-state index in [9.17, 15) is 9.59 Å². The normalized spacial score (nSPS) is 10.3. The van der Waals surface area contributed by atoms with Gasteiger partial charge in [-0.1, -0.05) is 18.2 Å². The number of carbonyl (C=O) groups excluding carboxylic acids is 2. The number of hydrogen-bond donors (Lipinski definition) is 3. The molecule has 6 heteroatoms. The van der Waals surface area contributed by atoms with Crippen LogP contribution in [0.5, 0.6) is 0 Å². The first-order chi connectivity index (χ1) is 12.0. The van der Waals surface area contributed by atoms with Crippen molar-refractivity contribution >= 4 is 40.2 Å². The van der Waals surface area contributed by atoms with Gasteiger partial charge in [0.2, 0.25) is 5.91 Å². The number of thiophene rings is 1. The fraction of sp³-hybridized carbons (Fsp3) is 0.0526. The van der Waals surface area contributed by atoms with Crippen molar-refractivity contribution in [2.75, 3.05) is 16.4 Å². The van der Waals surface area contributed by atoms with Gasteiger partial charge in [0.25, 0.3) is 5.91 Å². The lowest BCUT2D eigenvalue weighted by Gasteiger charge is -2.11. The average Bonchev–Trinajstić information content (AvgIpc) is 3.11. The average molecular weight is 351 g/mol. The van der Waals surface area contributed by atoms with E-state index in [4.69, 9.17) is 5.73 Å². The standard InChI is InChI=1S/C19H17N3O2S/c1-12(23)21-15-5-2-4-14(10-15)19(24)22-17-11-13(7-8-16(17)20)18-6-3-9-25-18/h2-11H,20H2,1H3,(H,21,23)(H,22,24). The summed E-state index contributed by atoms with van der Waals surface area (Å²) < 4.78 is 0. The zero-order valence-corrected chi connectivity index (χ0v) is 14.4. The van der Waals surface area contributed by atoms with Crippen LogP contribution in [0.2, 0.25) is 0 Å². The number of benzene rings is 2. The Bertz CT molecular complexity index is 920. The molecule has 1 aromatic heterocycles. The van der Waals surface area contributed by atoms with Crippen LogP contribution in [0.15, 0.2) is 60.0 Å². The number of nitrogen functional groups attached to an aromatic ring is 1. The van der Waals surface area contributed by atoms with Gasteiger partial charge in [0, 0.05) is 23.1 Å². The van der Waals surface area contributed by atoms with Crippen molar-refractivity contribution in [1.29, 1.82) is 0 Å². The summed E-state index contributed by atoms with van der Waals surface area (Å²) in [4.78, 5) is 24.8. The summed E-state index contributed by atoms with van der Waals surface area (Å²) in [6.45, 7) is 1.42. The molecule has 0 aliphatic rings. The monoisotopic (exact) mass is 351 g/mol. The molecule has 2 aromatic carbocycles. The Morgan fingerprint density at radius 1 is 1.00 bits per heavy atom. The first-order valence-electron chi connectivity index (χ1n) is 7.65. The maximum absolute atomic E-state index is 12.5. The van der Waals surface area contributed by atoms with E-state index < -0.39 is 0 Å². The third-order valence-electron chi connectivity index (χ3n) is 3.55. The predicted molar refractivity (Wildman–Crippen MR) is 103 cm³/mol. The number of anilines is 3. The van der Waals surface area contributed by atoms with E-state index in [0.29, 0.717) is 22.6 Å². The molecule has 0 saturated heterocycles. The minimum Gasteiger partial charge on any atom is -0.397 e. The Kier molecular flexibility index (Phi) is 4.81. The highest BCUT2D eigenvalue weighted by molar-refractivity contribution is 7.13. The number of rotatable bonds is 4. The maximum atomic E-state index is 12.5. The predicted octanol–water partition coefficient (Wildman–Crippen LogP) is 4.21. The van der Waals surface area contributed by atoms with E-state index in [1.54, 1.807) is 41.7 Å². The summed E-state index contributed by atoms with van der Waals surface area (Å²) >= 11 is 1.62. The summed E-state index contributed by atoms with van der Waals surface area (Å²) in [5, 5.41) is 7.50. The number of nitrogens with one attached hydrogen (secondary N) is 2. The fourth-order valence-corrected chi connectivity index (χ4v) is 3.12. The van der Waals surface area contributed by atoms with Crippen LogP contribution in [0.3, 0.4) is 0 Å². The Morgan fingerprint density at radius 2 is 1.84 bits per heavy atom. The smallest absolute Gasteiger partial charge is 0.255 e. The highest BCUT2D eigenvalue weighted by Gasteiger charge is 2.11. The highest BCUT2D eigenvalue weighted by Crippen LogP contribution is 2.30. The molecule has 3 rings (SSSR count). The summed E-state index contributed by atoms with van der Waals surface area (Å²) in [5.41, 5.74) is 9.04. The van der Waals surface area contributed by atoms with Gasteiger partial charge in [0.05, 0.1) is 11.4 Å². The van der Waals surface area contributed by atoms with Crippen LogP contribution in [0.4, 0.5) is 17.1 Å². The number of hydrogen-bond acceptors (Lipinski definition) is 4. The van der Waals surface area contributed by atoms with Crippen LogP contribution >= 0.6 is 11.3 Å². The Labute approximate surface area is 149 Å². The highest BCUT2D eigenvalue weighted by atomic mass is 32.1. The maximum Gasteiger partial charge on any atom is 0.255 e. The number of amides is 2. The molecule has 25 heavy (non-hydrogen) atoms. The first-order valence-corrected chi connectivity index (χ1v) is 8.53. The zero-order valence-electron chi connectivity index (χ0n) is 13.6. The molecule has 126 valence electrons. The van der Waals surface area contributed by atoms with Crippen LogP contribution in [0.25, 0.3) is 10.4 Å². The van der Waals surface area contributed by atoms with Crippen LogP contribution in [0.1, 0.15) is 17.3 Å². The largest absolute Gasteiger partial charge is 0.397 e. The van der Waals surface area contributed by atoms with Crippen molar-refractivity contribution in [2.45, 2.75) is 6.92 Å². The van der Waals surface area contributed by atoms with Gasteiger partial charge >= 0.3 is 0 Å². The lowest BCUT2D eigenvalue weighted by Crippen LogP contribution is -2.14. The molecule has 5 nitrogen and oxygen atoms in total. The topological polar surface area (TPSA) is 84.2 Å². The molecule has 0 radical (unpaired) electrons. The van der Waals surface area contributed by atoms with Gasteiger partial charge in [-0.25, -0.2) is 0 Å². The molecule has 1 heterocycles. The van der Waals surface area contributed by atoms with Crippen molar-refractivity contribution in [2.24, 2.45) is 0 Å². The van der Waals surface area contributed by atoms with Crippen molar-refractivity contribution in [3.8, 4) is 10.4 Å². The molecule has 0 saturated carbocycles. The summed E-state index contributed by atoms with van der Waals surface area (Å²) in [7, 11) is 0. The third-order valence-corrected chi connectivity index (χ3v) is 4.47. The second-order valence-electron chi connectivity index (χ2n) is 5.50. The Morgan fingerprint density at radius 3 is 2.56 bits per heavy atom. The molecule has 0 atom stereocenters. The van der Waals surface area contributed by atoms with Crippen LogP contribution in [0, 0.1) is 0 Å². The van der Waals surface area contributed by atoms with E-state index in [1.165, 1.54) is 6.92 Å². The molecule has 3 aromatic rings. The molecular weight excluding hydrogens is 334 g/mol. The summed E-state index contributed by atoms with van der Waals surface area (Å²) in [6.07, 6.45) is 0. The summed E-state index contributed by atoms with van der Waals surface area (Å²) in [6, 6.07) is 16.3. The van der Waals surface area contributed by atoms with Crippen LogP contribution in [-0.4, -0.2) is 11.8 Å². The van der Waals surface area contributed by atoms with E-state index in [0.717, 1.165) is 10.4 Å². The van der Waals surface area contributed by atoms with Gasteiger partial charge in [-0.2, -0.15) is 0 Å². The fourth-order valence-electron chi connectivity index (χ4n) is 2.40. The lowest BCUT2D eigenvalue weighted by molar-refractivity contribution is -0.114. The van der Waals surface area contributed by atoms with Gasteiger partial charge in [-0.3, -0.25) is 9.59 Å². The van der Waals surface area contributed by atoms with Crippen molar-refractivity contribution in [1.82, 2.24) is 0 Å². The van der Waals surface area contributed by atoms with Gasteiger partial charge in [-0.05, 0) is 47.3 Å². The zero-order chi connectivity index (χ0) is 17.8. The molecule has 0 aliphatic heterocycles.